The number of aliphatic hydroxyl groups excluding tert-OH is 1. The smallest absolute Gasteiger partial charge is 0.125 e. The van der Waals surface area contributed by atoms with E-state index in [1.807, 2.05) is 19.1 Å². The largest absolute Gasteiger partial charge is 0.490 e. The van der Waals surface area contributed by atoms with Crippen LogP contribution < -0.4 is 4.74 Å². The summed E-state index contributed by atoms with van der Waals surface area (Å²) < 4.78 is 6.00. The molecule has 1 aromatic carbocycles. The number of hydrogen-bond acceptors (Lipinski definition) is 2. The van der Waals surface area contributed by atoms with E-state index in [1.54, 1.807) is 0 Å². The summed E-state index contributed by atoms with van der Waals surface area (Å²) in [6.07, 6.45) is 4.51. The van der Waals surface area contributed by atoms with E-state index in [-0.39, 0.29) is 12.2 Å². The number of benzene rings is 1. The Hall–Kier alpha value is -1.02. The molecule has 1 aliphatic heterocycles. The molecular weight excluding hydrogens is 200 g/mol. The summed E-state index contributed by atoms with van der Waals surface area (Å²) in [4.78, 5) is 0. The lowest BCUT2D eigenvalue weighted by Crippen LogP contribution is -2.36. The van der Waals surface area contributed by atoms with Crippen LogP contribution in [-0.4, -0.2) is 11.2 Å². The van der Waals surface area contributed by atoms with E-state index in [9.17, 15) is 5.11 Å². The lowest BCUT2D eigenvalue weighted by Gasteiger charge is -2.38. The van der Waals surface area contributed by atoms with Crippen molar-refractivity contribution in [1.29, 1.82) is 0 Å². The fraction of sp³-hybridized carbons (Fsp3) is 0.571. The molecule has 0 aromatic heterocycles. The van der Waals surface area contributed by atoms with Gasteiger partial charge in [0.15, 0.2) is 0 Å². The van der Waals surface area contributed by atoms with E-state index in [1.165, 1.54) is 24.8 Å². The van der Waals surface area contributed by atoms with Crippen LogP contribution in [0.4, 0.5) is 0 Å². The van der Waals surface area contributed by atoms with Crippen molar-refractivity contribution in [2.75, 3.05) is 0 Å². The molecule has 1 fully saturated rings. The molecule has 0 amide bonds. The van der Waals surface area contributed by atoms with Crippen molar-refractivity contribution in [3.63, 3.8) is 0 Å². The molecule has 2 unspecified atom stereocenters. The molecule has 3 rings (SSSR count). The Morgan fingerprint density at radius 1 is 1.31 bits per heavy atom. The van der Waals surface area contributed by atoms with Gasteiger partial charge < -0.3 is 9.84 Å². The summed E-state index contributed by atoms with van der Waals surface area (Å²) in [6.45, 7) is 2.05. The van der Waals surface area contributed by atoms with Gasteiger partial charge in [0.05, 0.1) is 6.10 Å². The monoisotopic (exact) mass is 218 g/mol. The lowest BCUT2D eigenvalue weighted by atomic mass is 9.78. The molecule has 1 aliphatic carbocycles. The van der Waals surface area contributed by atoms with Crippen LogP contribution in [0.3, 0.4) is 0 Å². The van der Waals surface area contributed by atoms with Crippen LogP contribution >= 0.6 is 0 Å². The van der Waals surface area contributed by atoms with Crippen LogP contribution in [0.15, 0.2) is 18.2 Å². The van der Waals surface area contributed by atoms with E-state index in [0.717, 1.165) is 17.7 Å². The number of aliphatic hydroxyl groups is 1. The molecule has 2 nitrogen and oxygen atoms in total. The summed E-state index contributed by atoms with van der Waals surface area (Å²) in [5, 5.41) is 10.1. The van der Waals surface area contributed by atoms with Crippen molar-refractivity contribution < 1.29 is 9.84 Å². The summed E-state index contributed by atoms with van der Waals surface area (Å²) in [5.74, 6) is 1.56. The zero-order valence-electron chi connectivity index (χ0n) is 9.65. The Bertz CT molecular complexity index is 396. The first-order valence-corrected chi connectivity index (χ1v) is 6.19. The molecule has 1 saturated carbocycles. The normalized spacial score (nSPS) is 29.1. The molecule has 86 valence electrons. The summed E-state index contributed by atoms with van der Waals surface area (Å²) in [5.41, 5.74) is 2.15. The predicted octanol–water partition coefficient (Wildman–Crippen LogP) is 2.98. The maximum Gasteiger partial charge on any atom is 0.125 e. The Morgan fingerprint density at radius 3 is 2.81 bits per heavy atom. The topological polar surface area (TPSA) is 29.5 Å². The van der Waals surface area contributed by atoms with Gasteiger partial charge in [-0.1, -0.05) is 18.1 Å². The molecule has 2 aliphatic rings. The van der Waals surface area contributed by atoms with Gasteiger partial charge in [-0.3, -0.25) is 0 Å². The van der Waals surface area contributed by atoms with E-state index in [2.05, 4.69) is 6.07 Å². The average Bonchev–Trinajstić information content (AvgIpc) is 2.17. The van der Waals surface area contributed by atoms with Gasteiger partial charge in [0.1, 0.15) is 11.9 Å². The maximum atomic E-state index is 10.1. The fourth-order valence-corrected chi connectivity index (χ4v) is 2.69. The van der Waals surface area contributed by atoms with E-state index >= 15 is 0 Å². The zero-order chi connectivity index (χ0) is 11.1. The van der Waals surface area contributed by atoms with Crippen LogP contribution in [0.1, 0.15) is 42.9 Å². The van der Waals surface area contributed by atoms with Gasteiger partial charge in [-0.05, 0) is 37.8 Å². The highest BCUT2D eigenvalue weighted by Crippen LogP contribution is 2.42. The Morgan fingerprint density at radius 2 is 2.12 bits per heavy atom. The van der Waals surface area contributed by atoms with Crippen LogP contribution in [0.25, 0.3) is 0 Å². The fourth-order valence-electron chi connectivity index (χ4n) is 2.69. The first kappa shape index (κ1) is 10.2. The maximum absolute atomic E-state index is 10.1. The molecule has 1 aromatic rings. The average molecular weight is 218 g/mol. The van der Waals surface area contributed by atoms with Crippen LogP contribution in [0.5, 0.6) is 5.75 Å². The standard InChI is InChI=1S/C14H18O2/c1-9-5-6-13-11(7-9)12(15)8-14(16-13)10-3-2-4-10/h5-7,10,12,14-15H,2-4,8H2,1H3. The van der Waals surface area contributed by atoms with E-state index in [4.69, 9.17) is 4.74 Å². The van der Waals surface area contributed by atoms with Crippen LogP contribution in [0, 0.1) is 12.8 Å². The van der Waals surface area contributed by atoms with Crippen molar-refractivity contribution in [2.24, 2.45) is 5.92 Å². The molecule has 0 saturated heterocycles. The highest BCUT2D eigenvalue weighted by atomic mass is 16.5. The van der Waals surface area contributed by atoms with Crippen LogP contribution in [-0.2, 0) is 0 Å². The molecule has 0 bridgehead atoms. The first-order valence-electron chi connectivity index (χ1n) is 6.19. The van der Waals surface area contributed by atoms with Crippen molar-refractivity contribution in [3.8, 4) is 5.75 Å². The zero-order valence-corrected chi connectivity index (χ0v) is 9.65. The second-order valence-electron chi connectivity index (χ2n) is 5.14. The van der Waals surface area contributed by atoms with Gasteiger partial charge in [-0.25, -0.2) is 0 Å². The molecule has 0 radical (unpaired) electrons. The van der Waals surface area contributed by atoms with Gasteiger partial charge in [-0.15, -0.1) is 0 Å². The molecule has 16 heavy (non-hydrogen) atoms. The predicted molar refractivity (Wildman–Crippen MR) is 62.5 cm³/mol. The number of fused-ring (bicyclic) bond motifs is 1. The minimum atomic E-state index is -0.339. The van der Waals surface area contributed by atoms with Gasteiger partial charge in [0, 0.05) is 12.0 Å². The van der Waals surface area contributed by atoms with Crippen molar-refractivity contribution in [3.05, 3.63) is 29.3 Å². The van der Waals surface area contributed by atoms with Gasteiger partial charge in [0.2, 0.25) is 0 Å². The lowest BCUT2D eigenvalue weighted by molar-refractivity contribution is 0.0105. The number of hydrogen-bond donors (Lipinski definition) is 1. The summed E-state index contributed by atoms with van der Waals surface area (Å²) in [6, 6.07) is 6.09. The quantitative estimate of drug-likeness (QED) is 0.785. The highest BCUT2D eigenvalue weighted by molar-refractivity contribution is 5.40. The van der Waals surface area contributed by atoms with E-state index in [0.29, 0.717) is 5.92 Å². The molecule has 0 spiro atoms. The third-order valence-electron chi connectivity index (χ3n) is 3.93. The van der Waals surface area contributed by atoms with Crippen LogP contribution in [0.2, 0.25) is 0 Å². The second-order valence-corrected chi connectivity index (χ2v) is 5.14. The molecular formula is C14H18O2. The Kier molecular flexibility index (Phi) is 2.40. The molecule has 1 N–H and O–H groups in total. The van der Waals surface area contributed by atoms with Crippen molar-refractivity contribution in [1.82, 2.24) is 0 Å². The Balaban J connectivity index is 1.87. The van der Waals surface area contributed by atoms with Gasteiger partial charge >= 0.3 is 0 Å². The molecule has 2 atom stereocenters. The minimum absolute atomic E-state index is 0.235. The number of ether oxygens (including phenoxy) is 1. The number of aryl methyl sites for hydroxylation is 1. The van der Waals surface area contributed by atoms with Gasteiger partial charge in [0.25, 0.3) is 0 Å². The summed E-state index contributed by atoms with van der Waals surface area (Å²) in [7, 11) is 0. The third-order valence-corrected chi connectivity index (χ3v) is 3.93. The van der Waals surface area contributed by atoms with Crippen molar-refractivity contribution in [2.45, 2.75) is 44.8 Å². The summed E-state index contributed by atoms with van der Waals surface area (Å²) >= 11 is 0. The van der Waals surface area contributed by atoms with Gasteiger partial charge in [-0.2, -0.15) is 0 Å². The Labute approximate surface area is 96.2 Å². The molecule has 1 heterocycles. The third kappa shape index (κ3) is 1.61. The van der Waals surface area contributed by atoms with E-state index < -0.39 is 0 Å². The number of rotatable bonds is 1. The first-order chi connectivity index (χ1) is 7.74. The highest BCUT2D eigenvalue weighted by Gasteiger charge is 2.35. The molecule has 2 heteroatoms. The SMILES string of the molecule is Cc1ccc2c(c1)C(O)CC(C1CCC1)O2. The minimum Gasteiger partial charge on any atom is -0.490 e. The second kappa shape index (κ2) is 3.77. The van der Waals surface area contributed by atoms with Crippen molar-refractivity contribution >= 4 is 0 Å².